The third kappa shape index (κ3) is 3.61. The van der Waals surface area contributed by atoms with E-state index in [1.165, 1.54) is 4.57 Å². The van der Waals surface area contributed by atoms with Gasteiger partial charge in [0.2, 0.25) is 0 Å². The summed E-state index contributed by atoms with van der Waals surface area (Å²) < 4.78 is 4.72. The number of imidazole rings is 1. The quantitative estimate of drug-likeness (QED) is 0.512. The average Bonchev–Trinajstić information content (AvgIpc) is 3.10. The molecule has 0 aliphatic rings. The van der Waals surface area contributed by atoms with Crippen molar-refractivity contribution in [2.75, 3.05) is 0 Å². The summed E-state index contributed by atoms with van der Waals surface area (Å²) >= 11 is 0. The van der Waals surface area contributed by atoms with Gasteiger partial charge >= 0.3 is 5.69 Å². The molecule has 6 nitrogen and oxygen atoms in total. The molecule has 30 heavy (non-hydrogen) atoms. The van der Waals surface area contributed by atoms with Gasteiger partial charge in [-0.15, -0.1) is 0 Å². The van der Waals surface area contributed by atoms with Gasteiger partial charge in [-0.05, 0) is 37.5 Å². The van der Waals surface area contributed by atoms with Crippen LogP contribution in [0.3, 0.4) is 0 Å². The standard InChI is InChI=1S/C24H26N4O2/c1-16(2)13-27-23(29)21-22(28(24(27)30)20-10-8-17(3)9-11-20)25-15-26(21)14-19-7-5-6-18(4)12-19/h5-12,15-16H,13-14H2,1-4H3. The smallest absolute Gasteiger partial charge is 0.320 e. The molecule has 2 aromatic carbocycles. The van der Waals surface area contributed by atoms with Crippen LogP contribution in [0.2, 0.25) is 0 Å². The van der Waals surface area contributed by atoms with Crippen molar-refractivity contribution in [3.8, 4) is 5.69 Å². The van der Waals surface area contributed by atoms with Crippen LogP contribution in [0.1, 0.15) is 30.5 Å². The number of fused-ring (bicyclic) bond motifs is 1. The third-order valence-corrected chi connectivity index (χ3v) is 5.18. The van der Waals surface area contributed by atoms with E-state index in [4.69, 9.17) is 0 Å². The highest BCUT2D eigenvalue weighted by Gasteiger charge is 2.19. The first-order chi connectivity index (χ1) is 14.3. The molecule has 4 aromatic rings. The topological polar surface area (TPSA) is 61.8 Å². The van der Waals surface area contributed by atoms with Crippen molar-refractivity contribution < 1.29 is 0 Å². The molecule has 0 fully saturated rings. The molecule has 6 heteroatoms. The predicted molar refractivity (Wildman–Crippen MR) is 119 cm³/mol. The highest BCUT2D eigenvalue weighted by atomic mass is 16.2. The Bertz CT molecular complexity index is 1320. The number of nitrogens with zero attached hydrogens (tertiary/aromatic N) is 4. The van der Waals surface area contributed by atoms with Crippen molar-refractivity contribution in [3.63, 3.8) is 0 Å². The lowest BCUT2D eigenvalue weighted by Gasteiger charge is -2.14. The molecule has 0 saturated heterocycles. The molecule has 0 radical (unpaired) electrons. The first kappa shape index (κ1) is 19.9. The first-order valence-electron chi connectivity index (χ1n) is 10.2. The van der Waals surface area contributed by atoms with E-state index in [0.717, 1.165) is 16.7 Å². The summed E-state index contributed by atoms with van der Waals surface area (Å²) in [5, 5.41) is 0. The third-order valence-electron chi connectivity index (χ3n) is 5.18. The molecule has 0 N–H and O–H groups in total. The molecule has 0 aliphatic carbocycles. The summed E-state index contributed by atoms with van der Waals surface area (Å²) in [5.41, 5.74) is 4.22. The van der Waals surface area contributed by atoms with Crippen molar-refractivity contribution in [2.45, 2.75) is 40.8 Å². The van der Waals surface area contributed by atoms with Crippen molar-refractivity contribution in [3.05, 3.63) is 92.4 Å². The lowest BCUT2D eigenvalue weighted by molar-refractivity contribution is 0.489. The Labute approximate surface area is 175 Å². The Morgan fingerprint density at radius 1 is 0.967 bits per heavy atom. The van der Waals surface area contributed by atoms with Crippen LogP contribution >= 0.6 is 0 Å². The van der Waals surface area contributed by atoms with E-state index >= 15 is 0 Å². The van der Waals surface area contributed by atoms with E-state index in [2.05, 4.69) is 11.1 Å². The minimum Gasteiger partial charge on any atom is -0.320 e. The van der Waals surface area contributed by atoms with E-state index < -0.39 is 0 Å². The molecular weight excluding hydrogens is 376 g/mol. The van der Waals surface area contributed by atoms with Gasteiger partial charge < -0.3 is 4.57 Å². The number of hydrogen-bond donors (Lipinski definition) is 0. The molecule has 0 amide bonds. The molecule has 4 rings (SSSR count). The monoisotopic (exact) mass is 402 g/mol. The number of aromatic nitrogens is 4. The van der Waals surface area contributed by atoms with Gasteiger partial charge in [-0.1, -0.05) is 61.4 Å². The maximum Gasteiger partial charge on any atom is 0.337 e. The van der Waals surface area contributed by atoms with Gasteiger partial charge in [0.15, 0.2) is 11.2 Å². The Kier molecular flexibility index (Phi) is 5.16. The summed E-state index contributed by atoms with van der Waals surface area (Å²) in [6.07, 6.45) is 1.65. The summed E-state index contributed by atoms with van der Waals surface area (Å²) in [7, 11) is 0. The van der Waals surface area contributed by atoms with Crippen LogP contribution in [0.25, 0.3) is 16.9 Å². The molecule has 0 spiro atoms. The zero-order valence-corrected chi connectivity index (χ0v) is 17.8. The van der Waals surface area contributed by atoms with Crippen molar-refractivity contribution in [1.82, 2.24) is 18.7 Å². The Morgan fingerprint density at radius 2 is 1.70 bits per heavy atom. The summed E-state index contributed by atoms with van der Waals surface area (Å²) in [6.45, 7) is 8.90. The molecule has 0 atom stereocenters. The maximum absolute atomic E-state index is 13.4. The van der Waals surface area contributed by atoms with E-state index in [1.807, 2.05) is 74.7 Å². The van der Waals surface area contributed by atoms with E-state index in [-0.39, 0.29) is 17.2 Å². The molecule has 154 valence electrons. The Hall–Kier alpha value is -3.41. The largest absolute Gasteiger partial charge is 0.337 e. The van der Waals surface area contributed by atoms with Crippen LogP contribution in [0.15, 0.2) is 64.4 Å². The molecule has 2 heterocycles. The summed E-state index contributed by atoms with van der Waals surface area (Å²) in [5.74, 6) is 0.160. The fraction of sp³-hybridized carbons (Fsp3) is 0.292. The number of benzene rings is 2. The second-order valence-corrected chi connectivity index (χ2v) is 8.30. The average molecular weight is 402 g/mol. The lowest BCUT2D eigenvalue weighted by atomic mass is 10.1. The van der Waals surface area contributed by atoms with Crippen molar-refractivity contribution >= 4 is 11.2 Å². The van der Waals surface area contributed by atoms with Gasteiger partial charge in [0.05, 0.1) is 12.0 Å². The van der Waals surface area contributed by atoms with Gasteiger partial charge in [0.25, 0.3) is 5.56 Å². The normalized spacial score (nSPS) is 11.5. The molecule has 0 unspecified atom stereocenters. The number of hydrogen-bond acceptors (Lipinski definition) is 3. The second-order valence-electron chi connectivity index (χ2n) is 8.30. The Balaban J connectivity index is 1.99. The zero-order chi connectivity index (χ0) is 21.4. The minimum absolute atomic E-state index is 0.160. The van der Waals surface area contributed by atoms with E-state index in [9.17, 15) is 9.59 Å². The van der Waals surface area contributed by atoms with Crippen LogP contribution in [-0.2, 0) is 13.1 Å². The van der Waals surface area contributed by atoms with Gasteiger partial charge in [-0.2, -0.15) is 0 Å². The SMILES string of the molecule is Cc1ccc(-n2c(=O)n(CC(C)C)c(=O)c3c2ncn3Cc2cccc(C)c2)cc1. The lowest BCUT2D eigenvalue weighted by Crippen LogP contribution is -2.41. The van der Waals surface area contributed by atoms with Crippen LogP contribution in [0.4, 0.5) is 0 Å². The fourth-order valence-electron chi connectivity index (χ4n) is 3.76. The highest BCUT2D eigenvalue weighted by molar-refractivity contribution is 5.72. The van der Waals surface area contributed by atoms with Crippen molar-refractivity contribution in [1.29, 1.82) is 0 Å². The molecular formula is C24H26N4O2. The molecule has 0 bridgehead atoms. The van der Waals surface area contributed by atoms with Gasteiger partial charge in [0.1, 0.15) is 0 Å². The fourth-order valence-corrected chi connectivity index (χ4v) is 3.76. The summed E-state index contributed by atoms with van der Waals surface area (Å²) in [6, 6.07) is 15.9. The van der Waals surface area contributed by atoms with E-state index in [1.54, 1.807) is 10.9 Å². The van der Waals surface area contributed by atoms with Crippen molar-refractivity contribution in [2.24, 2.45) is 5.92 Å². The number of rotatable bonds is 5. The van der Waals surface area contributed by atoms with Crippen LogP contribution in [-0.4, -0.2) is 18.7 Å². The zero-order valence-electron chi connectivity index (χ0n) is 17.8. The molecule has 0 aliphatic heterocycles. The molecule has 0 saturated carbocycles. The van der Waals surface area contributed by atoms with Gasteiger partial charge in [-0.3, -0.25) is 9.36 Å². The molecule has 2 aromatic heterocycles. The predicted octanol–water partition coefficient (Wildman–Crippen LogP) is 3.67. The minimum atomic E-state index is -0.356. The summed E-state index contributed by atoms with van der Waals surface area (Å²) in [4.78, 5) is 31.2. The van der Waals surface area contributed by atoms with Crippen LogP contribution in [0.5, 0.6) is 0 Å². The first-order valence-corrected chi connectivity index (χ1v) is 10.2. The van der Waals surface area contributed by atoms with Gasteiger partial charge in [-0.25, -0.2) is 14.3 Å². The van der Waals surface area contributed by atoms with Crippen LogP contribution < -0.4 is 11.2 Å². The van der Waals surface area contributed by atoms with Crippen LogP contribution in [0, 0.1) is 19.8 Å². The maximum atomic E-state index is 13.4. The second kappa shape index (κ2) is 7.78. The number of aryl methyl sites for hydroxylation is 2. The van der Waals surface area contributed by atoms with E-state index in [0.29, 0.717) is 29.9 Å². The van der Waals surface area contributed by atoms with Gasteiger partial charge in [0, 0.05) is 13.1 Å². The highest BCUT2D eigenvalue weighted by Crippen LogP contribution is 2.16. The Morgan fingerprint density at radius 3 is 2.37 bits per heavy atom.